The third-order valence-electron chi connectivity index (χ3n) is 4.24. The van der Waals surface area contributed by atoms with Crippen molar-refractivity contribution in [1.29, 1.82) is 0 Å². The summed E-state index contributed by atoms with van der Waals surface area (Å²) in [5.41, 5.74) is 0. The molecule has 6 nitrogen and oxygen atoms in total. The van der Waals surface area contributed by atoms with Gasteiger partial charge in [-0.1, -0.05) is 0 Å². The summed E-state index contributed by atoms with van der Waals surface area (Å²) in [6.45, 7) is 2.59. The quantitative estimate of drug-likeness (QED) is 0.711. The Morgan fingerprint density at radius 1 is 1.30 bits per heavy atom. The van der Waals surface area contributed by atoms with E-state index in [-0.39, 0.29) is 36.8 Å². The van der Waals surface area contributed by atoms with Crippen molar-refractivity contribution in [3.63, 3.8) is 0 Å². The number of aliphatic carboxylic acids is 1. The van der Waals surface area contributed by atoms with Gasteiger partial charge in [-0.25, -0.2) is 8.42 Å². The molecule has 0 aromatic heterocycles. The van der Waals surface area contributed by atoms with E-state index in [1.54, 1.807) is 4.31 Å². The highest BCUT2D eigenvalue weighted by Crippen LogP contribution is 2.41. The number of fused-ring (bicyclic) bond motifs is 2. The number of piperidine rings is 1. The Bertz CT molecular complexity index is 436. The minimum absolute atomic E-state index is 0.00951. The molecular formula is C13H23NO5S. The van der Waals surface area contributed by atoms with Gasteiger partial charge in [-0.05, 0) is 38.5 Å². The third-order valence-corrected chi connectivity index (χ3v) is 6.16. The van der Waals surface area contributed by atoms with Gasteiger partial charge in [0.15, 0.2) is 0 Å². The molecule has 2 rings (SSSR count). The number of carboxylic acid groups (broad SMARTS) is 1. The van der Waals surface area contributed by atoms with E-state index < -0.39 is 16.0 Å². The first-order valence-corrected chi connectivity index (χ1v) is 8.85. The highest BCUT2D eigenvalue weighted by Gasteiger charge is 2.46. The van der Waals surface area contributed by atoms with Crippen molar-refractivity contribution in [3.8, 4) is 0 Å². The summed E-state index contributed by atoms with van der Waals surface area (Å²) in [4.78, 5) is 10.8. The van der Waals surface area contributed by atoms with Gasteiger partial charge in [-0.15, -0.1) is 0 Å². The van der Waals surface area contributed by atoms with Crippen molar-refractivity contribution in [1.82, 2.24) is 4.31 Å². The molecule has 0 saturated carbocycles. The second-order valence-electron chi connectivity index (χ2n) is 5.66. The van der Waals surface area contributed by atoms with Gasteiger partial charge in [0.2, 0.25) is 10.0 Å². The highest BCUT2D eigenvalue weighted by molar-refractivity contribution is 7.89. The maximum atomic E-state index is 12.4. The number of hydrogen-bond acceptors (Lipinski definition) is 4. The lowest BCUT2D eigenvalue weighted by atomic mass is 9.90. The summed E-state index contributed by atoms with van der Waals surface area (Å²) in [5, 5.41) is 8.88. The molecule has 0 radical (unpaired) electrons. The number of sulfonamides is 1. The van der Waals surface area contributed by atoms with Crippen molar-refractivity contribution in [3.05, 3.63) is 0 Å². The molecule has 2 aliphatic heterocycles. The summed E-state index contributed by atoms with van der Waals surface area (Å²) in [5.74, 6) is -0.650. The molecular weight excluding hydrogens is 282 g/mol. The van der Waals surface area contributed by atoms with Crippen LogP contribution in [0.25, 0.3) is 0 Å². The van der Waals surface area contributed by atoms with Crippen LogP contribution in [0.15, 0.2) is 0 Å². The lowest BCUT2D eigenvalue weighted by Crippen LogP contribution is -2.48. The Kier molecular flexibility index (Phi) is 5.04. The Morgan fingerprint density at radius 2 is 1.90 bits per heavy atom. The number of rotatable bonds is 7. The van der Waals surface area contributed by atoms with Gasteiger partial charge in [0.05, 0.1) is 12.4 Å². The molecule has 116 valence electrons. The molecule has 2 heterocycles. The summed E-state index contributed by atoms with van der Waals surface area (Å²) in [7, 11) is -3.28. The molecule has 0 aliphatic carbocycles. The first-order chi connectivity index (χ1) is 9.44. The molecule has 2 atom stereocenters. The Hall–Kier alpha value is -0.660. The maximum absolute atomic E-state index is 12.4. The zero-order valence-corrected chi connectivity index (χ0v) is 12.6. The largest absolute Gasteiger partial charge is 0.481 e. The predicted molar refractivity (Wildman–Crippen MR) is 73.9 cm³/mol. The van der Waals surface area contributed by atoms with Crippen molar-refractivity contribution in [2.75, 3.05) is 19.0 Å². The van der Waals surface area contributed by atoms with Gasteiger partial charge in [-0.2, -0.15) is 4.31 Å². The average molecular weight is 305 g/mol. The standard InChI is InChI=1S/C13H23NO5S/c1-2-19-5-6-20(17,18)14-11-3-4-12(14)8-10(7-11)9-13(15)16/h10-12H,2-9H2,1H3,(H,15,16). The molecule has 2 fully saturated rings. The van der Waals surface area contributed by atoms with E-state index in [0.717, 1.165) is 12.8 Å². The summed E-state index contributed by atoms with van der Waals surface area (Å²) in [6, 6.07) is -0.0190. The van der Waals surface area contributed by atoms with Crippen LogP contribution in [0.2, 0.25) is 0 Å². The monoisotopic (exact) mass is 305 g/mol. The molecule has 1 N–H and O–H groups in total. The van der Waals surface area contributed by atoms with E-state index in [1.807, 2.05) is 6.92 Å². The van der Waals surface area contributed by atoms with E-state index in [9.17, 15) is 13.2 Å². The van der Waals surface area contributed by atoms with Crippen molar-refractivity contribution in [2.24, 2.45) is 5.92 Å². The van der Waals surface area contributed by atoms with Gasteiger partial charge in [0.25, 0.3) is 0 Å². The van der Waals surface area contributed by atoms with Crippen LogP contribution in [0, 0.1) is 5.92 Å². The molecule has 0 aromatic rings. The lowest BCUT2D eigenvalue weighted by molar-refractivity contribution is -0.138. The number of carbonyl (C=O) groups is 1. The number of hydrogen-bond donors (Lipinski definition) is 1. The minimum Gasteiger partial charge on any atom is -0.481 e. The van der Waals surface area contributed by atoms with Gasteiger partial charge < -0.3 is 9.84 Å². The van der Waals surface area contributed by atoms with Crippen LogP contribution in [0.3, 0.4) is 0 Å². The summed E-state index contributed by atoms with van der Waals surface area (Å²) < 4.78 is 31.5. The van der Waals surface area contributed by atoms with Crippen LogP contribution in [0.5, 0.6) is 0 Å². The SMILES string of the molecule is CCOCCS(=O)(=O)N1C2CCC1CC(CC(=O)O)C2. The minimum atomic E-state index is -3.28. The van der Waals surface area contributed by atoms with Crippen LogP contribution in [0.4, 0.5) is 0 Å². The van der Waals surface area contributed by atoms with Crippen LogP contribution in [-0.4, -0.2) is 54.8 Å². The van der Waals surface area contributed by atoms with E-state index >= 15 is 0 Å². The maximum Gasteiger partial charge on any atom is 0.303 e. The molecule has 0 aromatic carbocycles. The Balaban J connectivity index is 1.99. The van der Waals surface area contributed by atoms with Gasteiger partial charge in [0, 0.05) is 25.1 Å². The molecule has 2 aliphatic rings. The fourth-order valence-corrected chi connectivity index (χ4v) is 5.36. The Labute approximate surface area is 120 Å². The van der Waals surface area contributed by atoms with Crippen LogP contribution >= 0.6 is 0 Å². The number of carboxylic acids is 1. The Morgan fingerprint density at radius 3 is 2.40 bits per heavy atom. The topological polar surface area (TPSA) is 83.9 Å². The second-order valence-corrected chi connectivity index (χ2v) is 7.66. The van der Waals surface area contributed by atoms with Gasteiger partial charge in [-0.3, -0.25) is 4.79 Å². The lowest BCUT2D eigenvalue weighted by Gasteiger charge is -2.37. The fourth-order valence-electron chi connectivity index (χ4n) is 3.53. The average Bonchev–Trinajstić information content (AvgIpc) is 2.62. The summed E-state index contributed by atoms with van der Waals surface area (Å²) >= 11 is 0. The van der Waals surface area contributed by atoms with E-state index in [2.05, 4.69) is 0 Å². The number of ether oxygens (including phenoxy) is 1. The predicted octanol–water partition coefficient (Wildman–Crippen LogP) is 1.07. The van der Waals surface area contributed by atoms with Crippen LogP contribution < -0.4 is 0 Å². The zero-order valence-electron chi connectivity index (χ0n) is 11.8. The highest BCUT2D eigenvalue weighted by atomic mass is 32.2. The molecule has 7 heteroatoms. The van der Waals surface area contributed by atoms with Crippen molar-refractivity contribution < 1.29 is 23.1 Å². The van der Waals surface area contributed by atoms with Crippen molar-refractivity contribution in [2.45, 2.75) is 51.1 Å². The fraction of sp³-hybridized carbons (Fsp3) is 0.923. The van der Waals surface area contributed by atoms with Gasteiger partial charge >= 0.3 is 5.97 Å². The van der Waals surface area contributed by atoms with Crippen LogP contribution in [-0.2, 0) is 19.6 Å². The van der Waals surface area contributed by atoms with Crippen LogP contribution in [0.1, 0.15) is 39.0 Å². The van der Waals surface area contributed by atoms with E-state index in [0.29, 0.717) is 19.4 Å². The zero-order chi connectivity index (χ0) is 14.8. The molecule has 0 spiro atoms. The van der Waals surface area contributed by atoms with Gasteiger partial charge in [0.1, 0.15) is 0 Å². The smallest absolute Gasteiger partial charge is 0.303 e. The molecule has 2 unspecified atom stereocenters. The van der Waals surface area contributed by atoms with E-state index in [1.165, 1.54) is 0 Å². The first-order valence-electron chi connectivity index (χ1n) is 7.24. The molecule has 20 heavy (non-hydrogen) atoms. The second kappa shape index (κ2) is 6.41. The van der Waals surface area contributed by atoms with Crippen molar-refractivity contribution >= 4 is 16.0 Å². The first kappa shape index (κ1) is 15.7. The molecule has 2 saturated heterocycles. The molecule has 0 amide bonds. The third kappa shape index (κ3) is 3.51. The summed E-state index contributed by atoms with van der Waals surface area (Å²) in [6.07, 6.45) is 3.22. The normalized spacial score (nSPS) is 30.6. The van der Waals surface area contributed by atoms with E-state index in [4.69, 9.17) is 9.84 Å². The number of nitrogens with zero attached hydrogens (tertiary/aromatic N) is 1. The molecule has 2 bridgehead atoms.